The third-order valence-corrected chi connectivity index (χ3v) is 3.27. The Balaban J connectivity index is 2.25. The molecule has 0 spiro atoms. The van der Waals surface area contributed by atoms with Crippen LogP contribution in [0.15, 0.2) is 12.2 Å². The molecule has 0 radical (unpaired) electrons. The first-order valence-corrected chi connectivity index (χ1v) is 5.05. The lowest BCUT2D eigenvalue weighted by Gasteiger charge is -2.45. The largest absolute Gasteiger partial charge is 0.335 e. The van der Waals surface area contributed by atoms with Gasteiger partial charge in [-0.3, -0.25) is 9.59 Å². The van der Waals surface area contributed by atoms with E-state index in [1.165, 1.54) is 0 Å². The predicted molar refractivity (Wildman–Crippen MR) is 52.6 cm³/mol. The molecule has 0 aromatic heterocycles. The molecule has 2 bridgehead atoms. The molecule has 1 saturated heterocycles. The molecule has 2 aliphatic heterocycles. The maximum atomic E-state index is 11.4. The quantitative estimate of drug-likeness (QED) is 0.582. The van der Waals surface area contributed by atoms with Gasteiger partial charge in [0, 0.05) is 19.4 Å². The number of carbonyl (C=O) groups is 2. The van der Waals surface area contributed by atoms with Crippen molar-refractivity contribution in [1.29, 1.82) is 0 Å². The van der Waals surface area contributed by atoms with Crippen molar-refractivity contribution in [2.24, 2.45) is 11.8 Å². The van der Waals surface area contributed by atoms with Gasteiger partial charge < -0.3 is 4.90 Å². The number of amides is 1. The van der Waals surface area contributed by atoms with Crippen LogP contribution in [0.5, 0.6) is 0 Å². The van der Waals surface area contributed by atoms with Crippen molar-refractivity contribution in [3.05, 3.63) is 12.2 Å². The lowest BCUT2D eigenvalue weighted by Crippen LogP contribution is -2.53. The SMILES string of the molecule is CC(=O)C1CC2C=CC1N(C(C)=O)C2. The number of nitrogens with zero attached hydrogens (tertiary/aromatic N) is 1. The van der Waals surface area contributed by atoms with Gasteiger partial charge in [-0.05, 0) is 19.3 Å². The van der Waals surface area contributed by atoms with E-state index < -0.39 is 0 Å². The Labute approximate surface area is 83.8 Å². The standard InChI is InChI=1S/C11H15NO2/c1-7(13)10-5-9-3-4-11(10)12(6-9)8(2)14/h3-4,9-11H,5-6H2,1-2H3. The first-order valence-electron chi connectivity index (χ1n) is 5.05. The van der Waals surface area contributed by atoms with Crippen LogP contribution in [0.2, 0.25) is 0 Å². The molecule has 1 fully saturated rings. The second kappa shape index (κ2) is 3.23. The zero-order valence-corrected chi connectivity index (χ0v) is 8.56. The summed E-state index contributed by atoms with van der Waals surface area (Å²) in [5.74, 6) is 0.700. The summed E-state index contributed by atoms with van der Waals surface area (Å²) in [6.07, 6.45) is 5.08. The summed E-state index contributed by atoms with van der Waals surface area (Å²) in [5.41, 5.74) is 0. The second-order valence-electron chi connectivity index (χ2n) is 4.26. The number of Topliss-reactive ketones (excluding diaryl/α,β-unsaturated/α-hetero) is 1. The van der Waals surface area contributed by atoms with Crippen LogP contribution in [0.1, 0.15) is 20.3 Å². The van der Waals surface area contributed by atoms with Gasteiger partial charge in [0.2, 0.25) is 5.91 Å². The summed E-state index contributed by atoms with van der Waals surface area (Å²) in [6, 6.07) is 0.0231. The average molecular weight is 193 g/mol. The Morgan fingerprint density at radius 1 is 1.29 bits per heavy atom. The molecule has 3 aliphatic rings. The smallest absolute Gasteiger partial charge is 0.219 e. The van der Waals surface area contributed by atoms with E-state index >= 15 is 0 Å². The molecule has 3 unspecified atom stereocenters. The third kappa shape index (κ3) is 1.37. The van der Waals surface area contributed by atoms with Crippen LogP contribution in [0, 0.1) is 11.8 Å². The fourth-order valence-corrected chi connectivity index (χ4v) is 2.53. The summed E-state index contributed by atoms with van der Waals surface area (Å²) in [5, 5.41) is 0. The van der Waals surface area contributed by atoms with Crippen LogP contribution in [0.4, 0.5) is 0 Å². The summed E-state index contributed by atoms with van der Waals surface area (Å²) in [7, 11) is 0. The number of hydrogen-bond acceptors (Lipinski definition) is 2. The number of carbonyl (C=O) groups excluding carboxylic acids is 2. The van der Waals surface area contributed by atoms with Crippen molar-refractivity contribution in [2.75, 3.05) is 6.54 Å². The van der Waals surface area contributed by atoms with Crippen molar-refractivity contribution in [3.8, 4) is 0 Å². The van der Waals surface area contributed by atoms with Gasteiger partial charge in [-0.25, -0.2) is 0 Å². The minimum Gasteiger partial charge on any atom is -0.335 e. The van der Waals surface area contributed by atoms with E-state index in [9.17, 15) is 9.59 Å². The van der Waals surface area contributed by atoms with Gasteiger partial charge in [0.15, 0.2) is 0 Å². The molecule has 2 heterocycles. The molecule has 1 aliphatic carbocycles. The van der Waals surface area contributed by atoms with E-state index in [4.69, 9.17) is 0 Å². The first kappa shape index (κ1) is 9.44. The Bertz CT molecular complexity index is 284. The molecular formula is C11H15NO2. The van der Waals surface area contributed by atoms with Crippen molar-refractivity contribution in [3.63, 3.8) is 0 Å². The maximum Gasteiger partial charge on any atom is 0.219 e. The molecule has 1 amide bonds. The molecule has 3 atom stereocenters. The first-order chi connectivity index (χ1) is 6.59. The maximum absolute atomic E-state index is 11.4. The minimum absolute atomic E-state index is 0.0231. The van der Waals surface area contributed by atoms with Crippen molar-refractivity contribution in [2.45, 2.75) is 26.3 Å². The molecule has 14 heavy (non-hydrogen) atoms. The molecule has 3 nitrogen and oxygen atoms in total. The Hall–Kier alpha value is -1.12. The Morgan fingerprint density at radius 2 is 2.00 bits per heavy atom. The van der Waals surface area contributed by atoms with Crippen molar-refractivity contribution in [1.82, 2.24) is 4.90 Å². The van der Waals surface area contributed by atoms with Crippen molar-refractivity contribution < 1.29 is 9.59 Å². The average Bonchev–Trinajstić information content (AvgIpc) is 2.18. The molecule has 0 aromatic carbocycles. The van der Waals surface area contributed by atoms with Gasteiger partial charge in [0.25, 0.3) is 0 Å². The van der Waals surface area contributed by atoms with Crippen LogP contribution in [0.3, 0.4) is 0 Å². The third-order valence-electron chi connectivity index (χ3n) is 3.27. The zero-order chi connectivity index (χ0) is 10.3. The zero-order valence-electron chi connectivity index (χ0n) is 8.56. The van der Waals surface area contributed by atoms with E-state index in [0.717, 1.165) is 13.0 Å². The fraction of sp³-hybridized carbons (Fsp3) is 0.636. The highest BCUT2D eigenvalue weighted by molar-refractivity contribution is 5.82. The number of fused-ring (bicyclic) bond motifs is 2. The number of rotatable bonds is 1. The van der Waals surface area contributed by atoms with E-state index in [1.54, 1.807) is 13.8 Å². The summed E-state index contributed by atoms with van der Waals surface area (Å²) < 4.78 is 0. The van der Waals surface area contributed by atoms with Crippen LogP contribution >= 0.6 is 0 Å². The molecule has 3 rings (SSSR count). The molecule has 3 heteroatoms. The molecule has 0 N–H and O–H groups in total. The fourth-order valence-electron chi connectivity index (χ4n) is 2.53. The monoisotopic (exact) mass is 193 g/mol. The van der Waals surface area contributed by atoms with E-state index in [2.05, 4.69) is 6.08 Å². The van der Waals surface area contributed by atoms with E-state index in [1.807, 2.05) is 11.0 Å². The Kier molecular flexibility index (Phi) is 2.17. The summed E-state index contributed by atoms with van der Waals surface area (Å²) in [6.45, 7) is 3.99. The second-order valence-corrected chi connectivity index (χ2v) is 4.26. The van der Waals surface area contributed by atoms with Crippen LogP contribution in [-0.2, 0) is 9.59 Å². The normalized spacial score (nSPS) is 34.7. The highest BCUT2D eigenvalue weighted by Gasteiger charge is 2.40. The molecule has 0 saturated carbocycles. The summed E-state index contributed by atoms with van der Waals surface area (Å²) >= 11 is 0. The van der Waals surface area contributed by atoms with Crippen LogP contribution < -0.4 is 0 Å². The predicted octanol–water partition coefficient (Wildman–Crippen LogP) is 0.998. The minimum atomic E-state index is 0.0231. The van der Waals surface area contributed by atoms with E-state index in [0.29, 0.717) is 5.92 Å². The lowest BCUT2D eigenvalue weighted by atomic mass is 9.76. The van der Waals surface area contributed by atoms with Gasteiger partial charge in [-0.2, -0.15) is 0 Å². The topological polar surface area (TPSA) is 37.4 Å². The number of piperidine rings is 1. The Morgan fingerprint density at radius 3 is 2.50 bits per heavy atom. The molecule has 76 valence electrons. The van der Waals surface area contributed by atoms with Crippen molar-refractivity contribution >= 4 is 11.7 Å². The molecule has 0 aromatic rings. The van der Waals surface area contributed by atoms with E-state index in [-0.39, 0.29) is 23.7 Å². The highest BCUT2D eigenvalue weighted by Crippen LogP contribution is 2.34. The lowest BCUT2D eigenvalue weighted by molar-refractivity contribution is -0.137. The highest BCUT2D eigenvalue weighted by atomic mass is 16.2. The number of hydrogen-bond donors (Lipinski definition) is 0. The van der Waals surface area contributed by atoms with Gasteiger partial charge >= 0.3 is 0 Å². The van der Waals surface area contributed by atoms with Gasteiger partial charge in [-0.1, -0.05) is 12.2 Å². The summed E-state index contributed by atoms with van der Waals surface area (Å²) in [4.78, 5) is 24.5. The van der Waals surface area contributed by atoms with Gasteiger partial charge in [-0.15, -0.1) is 0 Å². The van der Waals surface area contributed by atoms with Crippen LogP contribution in [-0.4, -0.2) is 29.2 Å². The number of ketones is 1. The van der Waals surface area contributed by atoms with Gasteiger partial charge in [0.1, 0.15) is 5.78 Å². The van der Waals surface area contributed by atoms with Gasteiger partial charge in [0.05, 0.1) is 6.04 Å². The van der Waals surface area contributed by atoms with Crippen LogP contribution in [0.25, 0.3) is 0 Å². The molecular weight excluding hydrogens is 178 g/mol.